The second-order valence-electron chi connectivity index (χ2n) is 8.54. The van der Waals surface area contributed by atoms with Crippen LogP contribution in [0.5, 0.6) is 11.5 Å². The lowest BCUT2D eigenvalue weighted by Gasteiger charge is -2.20. The molecule has 1 aliphatic carbocycles. The van der Waals surface area contributed by atoms with E-state index in [0.29, 0.717) is 41.8 Å². The molecule has 4 atom stereocenters. The summed E-state index contributed by atoms with van der Waals surface area (Å²) in [7, 11) is 2.83. The largest absolute Gasteiger partial charge is 0.497 e. The summed E-state index contributed by atoms with van der Waals surface area (Å²) in [6.07, 6.45) is 2.15. The van der Waals surface area contributed by atoms with Gasteiger partial charge in [-0.05, 0) is 25.5 Å². The summed E-state index contributed by atoms with van der Waals surface area (Å²) >= 11 is 0. The number of hydrogen-bond acceptors (Lipinski definition) is 9. The minimum Gasteiger partial charge on any atom is -0.497 e. The van der Waals surface area contributed by atoms with Crippen LogP contribution in [0.2, 0.25) is 0 Å². The van der Waals surface area contributed by atoms with E-state index in [1.165, 1.54) is 13.2 Å². The van der Waals surface area contributed by atoms with Gasteiger partial charge in [-0.2, -0.15) is 0 Å². The fourth-order valence-corrected chi connectivity index (χ4v) is 4.35. The first-order valence-electron chi connectivity index (χ1n) is 11.4. The molecule has 10 nitrogen and oxygen atoms in total. The van der Waals surface area contributed by atoms with Crippen molar-refractivity contribution in [2.45, 2.75) is 37.5 Å². The minimum absolute atomic E-state index is 0. The smallest absolute Gasteiger partial charge is 0.356 e. The molecule has 0 bridgehead atoms. The van der Waals surface area contributed by atoms with Gasteiger partial charge in [0.15, 0.2) is 5.69 Å². The summed E-state index contributed by atoms with van der Waals surface area (Å²) < 4.78 is 21.5. The molecular weight excluding hydrogens is 525 g/mol. The lowest BCUT2D eigenvalue weighted by Crippen LogP contribution is -2.51. The van der Waals surface area contributed by atoms with Crippen molar-refractivity contribution in [2.75, 3.05) is 27.4 Å². The Balaban J connectivity index is 0.00000241. The van der Waals surface area contributed by atoms with Gasteiger partial charge in [0.05, 0.1) is 32.4 Å². The molecule has 0 spiro atoms. The first kappa shape index (κ1) is 30.1. The van der Waals surface area contributed by atoms with Crippen molar-refractivity contribution in [3.05, 3.63) is 42.6 Å². The molecule has 1 aromatic carbocycles. The van der Waals surface area contributed by atoms with E-state index in [9.17, 15) is 14.4 Å². The van der Waals surface area contributed by atoms with Crippen LogP contribution in [0.1, 0.15) is 30.3 Å². The first-order chi connectivity index (χ1) is 16.8. The molecule has 0 radical (unpaired) electrons. The van der Waals surface area contributed by atoms with Crippen LogP contribution in [0.25, 0.3) is 10.9 Å². The number of amides is 1. The van der Waals surface area contributed by atoms with E-state index in [2.05, 4.69) is 22.2 Å². The Morgan fingerprint density at radius 1 is 1.24 bits per heavy atom. The number of ether oxygens (including phenoxy) is 4. The van der Waals surface area contributed by atoms with Crippen LogP contribution in [0, 0.1) is 5.92 Å². The molecule has 2 aromatic rings. The highest BCUT2D eigenvalue weighted by Gasteiger charge is 2.61. The van der Waals surface area contributed by atoms with Gasteiger partial charge in [-0.25, -0.2) is 14.6 Å². The van der Waals surface area contributed by atoms with Crippen molar-refractivity contribution in [3.8, 4) is 11.5 Å². The molecule has 2 N–H and O–H groups in total. The number of benzene rings is 1. The summed E-state index contributed by atoms with van der Waals surface area (Å²) in [5.41, 5.74) is -0.433. The standard InChI is InChI=1S/C25H29N3O7.2ClH/c1-5-14-12-25(14,24(31)34-6-2)28-22(29)19-10-16(13-26-19)35-21-11-20(23(30)33-4)27-18-9-15(32-3)7-8-17(18)21;;/h5,7-9,11,14,16,19,26H,1,6,10,12-13H2,2-4H3,(H,28,29);2*1H. The van der Waals surface area contributed by atoms with Crippen molar-refractivity contribution in [3.63, 3.8) is 0 Å². The van der Waals surface area contributed by atoms with Crippen molar-refractivity contribution >= 4 is 53.6 Å². The molecule has 202 valence electrons. The first-order valence-corrected chi connectivity index (χ1v) is 11.4. The lowest BCUT2D eigenvalue weighted by molar-refractivity contribution is -0.149. The highest BCUT2D eigenvalue weighted by molar-refractivity contribution is 5.95. The van der Waals surface area contributed by atoms with Crippen molar-refractivity contribution in [1.82, 2.24) is 15.6 Å². The van der Waals surface area contributed by atoms with E-state index >= 15 is 0 Å². The number of nitrogens with zero attached hydrogens (tertiary/aromatic N) is 1. The fourth-order valence-electron chi connectivity index (χ4n) is 4.35. The van der Waals surface area contributed by atoms with Gasteiger partial charge in [0.1, 0.15) is 23.1 Å². The van der Waals surface area contributed by atoms with Crippen LogP contribution in [-0.2, 0) is 19.1 Å². The van der Waals surface area contributed by atoms with Gasteiger partial charge in [-0.15, -0.1) is 31.4 Å². The molecule has 2 aliphatic rings. The molecule has 2 fully saturated rings. The molecule has 1 amide bonds. The summed E-state index contributed by atoms with van der Waals surface area (Å²) in [6.45, 7) is 6.11. The Labute approximate surface area is 227 Å². The van der Waals surface area contributed by atoms with Crippen LogP contribution in [0.3, 0.4) is 0 Å². The normalized spacial score (nSPS) is 23.6. The predicted molar refractivity (Wildman–Crippen MR) is 141 cm³/mol. The molecule has 1 aliphatic heterocycles. The SMILES string of the molecule is C=CC1CC1(NC(=O)C1CC(Oc2cc(C(=O)OC)nc3cc(OC)ccc23)CN1)C(=O)OCC.Cl.Cl. The van der Waals surface area contributed by atoms with E-state index in [4.69, 9.17) is 18.9 Å². The van der Waals surface area contributed by atoms with E-state index in [-0.39, 0.29) is 55.0 Å². The Hall–Kier alpha value is -3.08. The van der Waals surface area contributed by atoms with E-state index in [1.54, 1.807) is 38.3 Å². The van der Waals surface area contributed by atoms with E-state index < -0.39 is 23.5 Å². The van der Waals surface area contributed by atoms with Crippen LogP contribution in [0.4, 0.5) is 0 Å². The van der Waals surface area contributed by atoms with E-state index in [0.717, 1.165) is 0 Å². The number of methoxy groups -OCH3 is 2. The second kappa shape index (κ2) is 12.4. The average Bonchev–Trinajstić information content (AvgIpc) is 3.38. The number of aromatic nitrogens is 1. The summed E-state index contributed by atoms with van der Waals surface area (Å²) in [5, 5.41) is 6.71. The Kier molecular flexibility index (Phi) is 10.1. The number of pyridine rings is 1. The lowest BCUT2D eigenvalue weighted by atomic mass is 10.1. The van der Waals surface area contributed by atoms with Gasteiger partial charge in [-0.1, -0.05) is 6.08 Å². The Morgan fingerprint density at radius 3 is 2.62 bits per heavy atom. The number of fused-ring (bicyclic) bond motifs is 1. The zero-order chi connectivity index (χ0) is 25.2. The Morgan fingerprint density at radius 2 is 2.00 bits per heavy atom. The molecule has 4 unspecified atom stereocenters. The highest BCUT2D eigenvalue weighted by atomic mass is 35.5. The zero-order valence-electron chi connectivity index (χ0n) is 20.8. The van der Waals surface area contributed by atoms with Crippen LogP contribution in [-0.4, -0.2) is 67.9 Å². The quantitative estimate of drug-likeness (QED) is 0.354. The molecule has 1 saturated heterocycles. The number of esters is 2. The molecule has 1 saturated carbocycles. The summed E-state index contributed by atoms with van der Waals surface area (Å²) in [6, 6.07) is 6.26. The number of rotatable bonds is 9. The highest BCUT2D eigenvalue weighted by Crippen LogP contribution is 2.45. The number of halogens is 2. The third kappa shape index (κ3) is 6.08. The Bertz CT molecular complexity index is 1180. The van der Waals surface area contributed by atoms with Crippen molar-refractivity contribution < 1.29 is 33.3 Å². The maximum Gasteiger partial charge on any atom is 0.356 e. The monoisotopic (exact) mass is 555 g/mol. The van der Waals surface area contributed by atoms with Crippen molar-refractivity contribution in [2.24, 2.45) is 5.92 Å². The molecule has 1 aromatic heterocycles. The third-order valence-corrected chi connectivity index (χ3v) is 6.36. The topological polar surface area (TPSA) is 125 Å². The molecular formula is C25H31Cl2N3O7. The van der Waals surface area contributed by atoms with Crippen molar-refractivity contribution in [1.29, 1.82) is 0 Å². The third-order valence-electron chi connectivity index (χ3n) is 6.36. The predicted octanol–water partition coefficient (Wildman–Crippen LogP) is 2.61. The number of carbonyl (C=O) groups excluding carboxylic acids is 3. The summed E-state index contributed by atoms with van der Waals surface area (Å²) in [4.78, 5) is 41.9. The van der Waals surface area contributed by atoms with E-state index in [1.807, 2.05) is 0 Å². The van der Waals surface area contributed by atoms with Gasteiger partial charge < -0.3 is 29.6 Å². The van der Waals surface area contributed by atoms with Crippen LogP contribution >= 0.6 is 24.8 Å². The molecule has 4 rings (SSSR count). The maximum atomic E-state index is 13.0. The molecule has 12 heteroatoms. The maximum absolute atomic E-state index is 13.0. The van der Waals surface area contributed by atoms with Gasteiger partial charge in [-0.3, -0.25) is 4.79 Å². The van der Waals surface area contributed by atoms with Gasteiger partial charge >= 0.3 is 11.9 Å². The summed E-state index contributed by atoms with van der Waals surface area (Å²) in [5.74, 6) is -0.456. The number of nitrogens with one attached hydrogen (secondary N) is 2. The number of carbonyl (C=O) groups is 3. The average molecular weight is 556 g/mol. The second-order valence-corrected chi connectivity index (χ2v) is 8.54. The number of hydrogen-bond donors (Lipinski definition) is 2. The van der Waals surface area contributed by atoms with Crippen LogP contribution in [0.15, 0.2) is 36.9 Å². The fraction of sp³-hybridized carbons (Fsp3) is 0.440. The van der Waals surface area contributed by atoms with Crippen LogP contribution < -0.4 is 20.1 Å². The zero-order valence-corrected chi connectivity index (χ0v) is 22.4. The minimum atomic E-state index is -1.05. The van der Waals surface area contributed by atoms with Gasteiger partial charge in [0.25, 0.3) is 0 Å². The molecule has 37 heavy (non-hydrogen) atoms. The molecule has 2 heterocycles. The van der Waals surface area contributed by atoms with Gasteiger partial charge in [0, 0.05) is 36.4 Å². The van der Waals surface area contributed by atoms with Gasteiger partial charge in [0.2, 0.25) is 5.91 Å².